The van der Waals surface area contributed by atoms with Crippen LogP contribution in [0.4, 0.5) is 0 Å². The highest BCUT2D eigenvalue weighted by molar-refractivity contribution is 6.30. The van der Waals surface area contributed by atoms with Gasteiger partial charge in [-0.2, -0.15) is 0 Å². The maximum absolute atomic E-state index is 6.02. The number of hydrogen-bond acceptors (Lipinski definition) is 2. The lowest BCUT2D eigenvalue weighted by atomic mass is 10.0. The van der Waals surface area contributed by atoms with Crippen molar-refractivity contribution in [2.45, 2.75) is 6.04 Å². The Hall–Kier alpha value is -0.250. The topological polar surface area (TPSA) is 15.3 Å². The van der Waals surface area contributed by atoms with E-state index in [-0.39, 0.29) is 30.9 Å². The SMILES string of the molecule is C=C[C@H](c1cccc(Cl)c1)N1CCNCC1.Cl.Cl. The Morgan fingerprint density at radius 2 is 1.94 bits per heavy atom. The molecule has 5 heteroatoms. The van der Waals surface area contributed by atoms with E-state index in [2.05, 4.69) is 22.9 Å². The highest BCUT2D eigenvalue weighted by atomic mass is 35.5. The summed E-state index contributed by atoms with van der Waals surface area (Å²) in [4.78, 5) is 2.43. The summed E-state index contributed by atoms with van der Waals surface area (Å²) < 4.78 is 0. The van der Waals surface area contributed by atoms with Crippen LogP contribution in [0.15, 0.2) is 36.9 Å². The molecule has 0 aliphatic carbocycles. The van der Waals surface area contributed by atoms with Crippen molar-refractivity contribution in [3.05, 3.63) is 47.5 Å². The van der Waals surface area contributed by atoms with Crippen molar-refractivity contribution in [2.24, 2.45) is 0 Å². The molecule has 1 saturated heterocycles. The Labute approximate surface area is 126 Å². The maximum Gasteiger partial charge on any atom is 0.0530 e. The molecule has 0 bridgehead atoms. The fourth-order valence-electron chi connectivity index (χ4n) is 2.15. The van der Waals surface area contributed by atoms with Gasteiger partial charge in [0.15, 0.2) is 0 Å². The summed E-state index contributed by atoms with van der Waals surface area (Å²) in [6, 6.07) is 8.32. The average Bonchev–Trinajstić information content (AvgIpc) is 2.31. The highest BCUT2D eigenvalue weighted by Gasteiger charge is 2.19. The molecule has 18 heavy (non-hydrogen) atoms. The second-order valence-electron chi connectivity index (χ2n) is 4.02. The predicted molar refractivity (Wildman–Crippen MR) is 83.3 cm³/mol. The van der Waals surface area contributed by atoms with E-state index in [1.165, 1.54) is 5.56 Å². The van der Waals surface area contributed by atoms with Gasteiger partial charge in [0.1, 0.15) is 0 Å². The second kappa shape index (κ2) is 8.78. The van der Waals surface area contributed by atoms with Crippen molar-refractivity contribution < 1.29 is 0 Å². The third-order valence-electron chi connectivity index (χ3n) is 2.96. The molecule has 1 atom stereocenters. The molecule has 1 aliphatic heterocycles. The van der Waals surface area contributed by atoms with E-state index >= 15 is 0 Å². The normalized spacial score (nSPS) is 17.2. The summed E-state index contributed by atoms with van der Waals surface area (Å²) >= 11 is 6.02. The van der Waals surface area contributed by atoms with Crippen molar-refractivity contribution in [2.75, 3.05) is 26.2 Å². The van der Waals surface area contributed by atoms with Crippen molar-refractivity contribution in [1.82, 2.24) is 10.2 Å². The standard InChI is InChI=1S/C13H17ClN2.2ClH/c1-2-13(16-8-6-15-7-9-16)11-4-3-5-12(14)10-11;;/h2-5,10,13,15H,1,6-9H2;2*1H/t13-;;/m1../s1. The predicted octanol–water partition coefficient (Wildman–Crippen LogP) is 3.32. The summed E-state index contributed by atoms with van der Waals surface area (Å²) in [5, 5.41) is 4.15. The molecule has 0 aromatic heterocycles. The summed E-state index contributed by atoms with van der Waals surface area (Å²) in [5.41, 5.74) is 1.23. The Bertz CT molecular complexity index is 365. The Morgan fingerprint density at radius 3 is 2.50 bits per heavy atom. The van der Waals surface area contributed by atoms with E-state index in [0.717, 1.165) is 31.2 Å². The average molecular weight is 310 g/mol. The first kappa shape index (κ1) is 17.8. The quantitative estimate of drug-likeness (QED) is 0.862. The van der Waals surface area contributed by atoms with Gasteiger partial charge in [-0.1, -0.05) is 29.8 Å². The third kappa shape index (κ3) is 4.45. The first-order valence-corrected chi connectivity index (χ1v) is 6.02. The number of piperazine rings is 1. The summed E-state index contributed by atoms with van der Waals surface area (Å²) in [5.74, 6) is 0. The van der Waals surface area contributed by atoms with Crippen molar-refractivity contribution in [1.29, 1.82) is 0 Å². The van der Waals surface area contributed by atoms with Crippen LogP contribution in [0, 0.1) is 0 Å². The van der Waals surface area contributed by atoms with Crippen LogP contribution in [0.1, 0.15) is 11.6 Å². The fraction of sp³-hybridized carbons (Fsp3) is 0.385. The molecular weight excluding hydrogens is 291 g/mol. The van der Waals surface area contributed by atoms with Gasteiger partial charge in [-0.3, -0.25) is 4.90 Å². The minimum absolute atomic E-state index is 0. The Morgan fingerprint density at radius 1 is 1.28 bits per heavy atom. The number of halogens is 3. The summed E-state index contributed by atoms with van der Waals surface area (Å²) in [7, 11) is 0. The molecule has 0 radical (unpaired) electrons. The van der Waals surface area contributed by atoms with Crippen LogP contribution >= 0.6 is 36.4 Å². The lowest BCUT2D eigenvalue weighted by molar-refractivity contribution is 0.203. The molecule has 0 amide bonds. The Balaban J connectivity index is 0.00000144. The van der Waals surface area contributed by atoms with Crippen molar-refractivity contribution in [3.8, 4) is 0 Å². The van der Waals surface area contributed by atoms with E-state index in [0.29, 0.717) is 0 Å². The van der Waals surface area contributed by atoms with Crippen LogP contribution in [-0.4, -0.2) is 31.1 Å². The number of nitrogens with one attached hydrogen (secondary N) is 1. The summed E-state index contributed by atoms with van der Waals surface area (Å²) in [6.07, 6.45) is 2.00. The molecule has 0 saturated carbocycles. The zero-order valence-electron chi connectivity index (χ0n) is 10.1. The molecule has 2 rings (SSSR count). The fourth-order valence-corrected chi connectivity index (χ4v) is 2.35. The van der Waals surface area contributed by atoms with Gasteiger partial charge in [0, 0.05) is 31.2 Å². The smallest absolute Gasteiger partial charge is 0.0530 e. The minimum Gasteiger partial charge on any atom is -0.314 e. The largest absolute Gasteiger partial charge is 0.314 e. The van der Waals surface area contributed by atoms with Gasteiger partial charge in [0.2, 0.25) is 0 Å². The van der Waals surface area contributed by atoms with Crippen LogP contribution in [0.2, 0.25) is 5.02 Å². The molecular formula is C13H19Cl3N2. The van der Waals surface area contributed by atoms with Crippen LogP contribution in [-0.2, 0) is 0 Å². The van der Waals surface area contributed by atoms with Gasteiger partial charge in [-0.25, -0.2) is 0 Å². The van der Waals surface area contributed by atoms with Gasteiger partial charge >= 0.3 is 0 Å². The molecule has 102 valence electrons. The molecule has 1 fully saturated rings. The number of hydrogen-bond donors (Lipinski definition) is 1. The van der Waals surface area contributed by atoms with Gasteiger partial charge in [-0.15, -0.1) is 31.4 Å². The summed E-state index contributed by atoms with van der Waals surface area (Å²) in [6.45, 7) is 8.15. The van der Waals surface area contributed by atoms with Gasteiger partial charge in [-0.05, 0) is 17.7 Å². The van der Waals surface area contributed by atoms with Crippen molar-refractivity contribution >= 4 is 36.4 Å². The van der Waals surface area contributed by atoms with E-state index < -0.39 is 0 Å². The van der Waals surface area contributed by atoms with Crippen LogP contribution in [0.25, 0.3) is 0 Å². The number of benzene rings is 1. The maximum atomic E-state index is 6.02. The lowest BCUT2D eigenvalue weighted by Gasteiger charge is -2.33. The zero-order valence-corrected chi connectivity index (χ0v) is 12.5. The molecule has 0 unspecified atom stereocenters. The Kier molecular flexibility index (Phi) is 8.66. The third-order valence-corrected chi connectivity index (χ3v) is 3.19. The minimum atomic E-state index is 0. The first-order valence-electron chi connectivity index (χ1n) is 5.64. The number of nitrogens with zero attached hydrogens (tertiary/aromatic N) is 1. The van der Waals surface area contributed by atoms with Crippen LogP contribution < -0.4 is 5.32 Å². The lowest BCUT2D eigenvalue weighted by Crippen LogP contribution is -2.44. The van der Waals surface area contributed by atoms with Gasteiger partial charge in [0.25, 0.3) is 0 Å². The number of rotatable bonds is 3. The van der Waals surface area contributed by atoms with Crippen LogP contribution in [0.5, 0.6) is 0 Å². The highest BCUT2D eigenvalue weighted by Crippen LogP contribution is 2.24. The molecule has 1 aromatic carbocycles. The molecule has 1 aromatic rings. The van der Waals surface area contributed by atoms with Gasteiger partial charge in [0.05, 0.1) is 6.04 Å². The molecule has 1 heterocycles. The molecule has 1 aliphatic rings. The first-order chi connectivity index (χ1) is 7.81. The monoisotopic (exact) mass is 308 g/mol. The second-order valence-corrected chi connectivity index (χ2v) is 4.46. The van der Waals surface area contributed by atoms with Crippen molar-refractivity contribution in [3.63, 3.8) is 0 Å². The van der Waals surface area contributed by atoms with E-state index in [9.17, 15) is 0 Å². The van der Waals surface area contributed by atoms with E-state index in [4.69, 9.17) is 11.6 Å². The molecule has 2 nitrogen and oxygen atoms in total. The zero-order chi connectivity index (χ0) is 11.4. The van der Waals surface area contributed by atoms with E-state index in [1.54, 1.807) is 0 Å². The van der Waals surface area contributed by atoms with Crippen LogP contribution in [0.3, 0.4) is 0 Å². The molecule has 1 N–H and O–H groups in total. The van der Waals surface area contributed by atoms with Gasteiger partial charge < -0.3 is 5.32 Å². The van der Waals surface area contributed by atoms with E-state index in [1.807, 2.05) is 24.3 Å². The molecule has 0 spiro atoms.